The Balaban J connectivity index is 1.40. The highest BCUT2D eigenvalue weighted by molar-refractivity contribution is 5.93. The molecule has 7 heteroatoms. The van der Waals surface area contributed by atoms with Crippen LogP contribution in [0.25, 0.3) is 11.5 Å². The molecule has 2 aliphatic heterocycles. The third-order valence-electron chi connectivity index (χ3n) is 5.57. The number of piperidine rings is 1. The summed E-state index contributed by atoms with van der Waals surface area (Å²) < 4.78 is 7.46. The first kappa shape index (κ1) is 16.1. The highest BCUT2D eigenvalue weighted by atomic mass is 16.3. The summed E-state index contributed by atoms with van der Waals surface area (Å²) in [4.78, 5) is 27.0. The Hall–Kier alpha value is -3.09. The Morgan fingerprint density at radius 3 is 2.93 bits per heavy atom. The van der Waals surface area contributed by atoms with Crippen molar-refractivity contribution in [3.05, 3.63) is 63.9 Å². The maximum Gasteiger partial charge on any atom is 0.274 e. The molecule has 1 saturated heterocycles. The van der Waals surface area contributed by atoms with E-state index in [1.807, 2.05) is 34.6 Å². The van der Waals surface area contributed by atoms with Crippen LogP contribution in [0.4, 0.5) is 0 Å². The Bertz CT molecular complexity index is 1080. The maximum absolute atomic E-state index is 13.0. The Labute approximate surface area is 155 Å². The molecule has 0 radical (unpaired) electrons. The van der Waals surface area contributed by atoms with Gasteiger partial charge in [0.05, 0.1) is 0 Å². The largest absolute Gasteiger partial charge is 0.460 e. The number of furan rings is 1. The zero-order valence-corrected chi connectivity index (χ0v) is 15.0. The van der Waals surface area contributed by atoms with Crippen molar-refractivity contribution in [2.75, 3.05) is 13.1 Å². The standard InChI is InChI=1S/C20H20N4O3/c1-12-5-6-18(27-12)15-8-16(22-21-15)20(26)23-9-13-7-14(11-23)17-3-2-4-19(25)24(17)10-13/h2-6,8,13-14H,7,9-11H2,1H3,(H,21,22)/t13-,14+/m0/s1. The highest BCUT2D eigenvalue weighted by Gasteiger charge is 2.37. The van der Waals surface area contributed by atoms with Crippen LogP contribution < -0.4 is 5.56 Å². The number of likely N-dealkylation sites (tertiary alicyclic amines) is 1. The number of aryl methyl sites for hydroxylation is 1. The molecular weight excluding hydrogens is 344 g/mol. The SMILES string of the molecule is Cc1ccc(-c2cc(C(=O)N3C[C@@H]4C[C@H](C3)c3cccc(=O)n3C4)n[nH]2)o1. The van der Waals surface area contributed by atoms with E-state index in [9.17, 15) is 9.59 Å². The number of pyridine rings is 1. The fraction of sp³-hybridized carbons (Fsp3) is 0.350. The molecule has 1 fully saturated rings. The number of rotatable bonds is 2. The minimum atomic E-state index is -0.0813. The number of aromatic amines is 1. The van der Waals surface area contributed by atoms with Gasteiger partial charge < -0.3 is 13.9 Å². The first-order valence-electron chi connectivity index (χ1n) is 9.20. The number of hydrogen-bond donors (Lipinski definition) is 1. The minimum absolute atomic E-state index is 0.0488. The second-order valence-corrected chi connectivity index (χ2v) is 7.49. The van der Waals surface area contributed by atoms with Crippen LogP contribution in [-0.2, 0) is 6.54 Å². The number of nitrogens with zero attached hydrogens (tertiary/aromatic N) is 3. The molecular formula is C20H20N4O3. The molecule has 1 amide bonds. The predicted molar refractivity (Wildman–Crippen MR) is 98.5 cm³/mol. The van der Waals surface area contributed by atoms with Crippen LogP contribution in [0.3, 0.4) is 0 Å². The molecule has 0 spiro atoms. The lowest BCUT2D eigenvalue weighted by atomic mass is 9.83. The van der Waals surface area contributed by atoms with Gasteiger partial charge in [0, 0.05) is 43.4 Å². The summed E-state index contributed by atoms with van der Waals surface area (Å²) in [6.07, 6.45) is 1.02. The van der Waals surface area contributed by atoms with E-state index in [1.165, 1.54) is 0 Å². The molecule has 0 aromatic carbocycles. The first-order chi connectivity index (χ1) is 13.1. The summed E-state index contributed by atoms with van der Waals surface area (Å²) in [6.45, 7) is 3.81. The van der Waals surface area contributed by atoms with Crippen LogP contribution in [0.5, 0.6) is 0 Å². The second kappa shape index (κ2) is 5.97. The van der Waals surface area contributed by atoms with Gasteiger partial charge in [0.15, 0.2) is 11.5 Å². The van der Waals surface area contributed by atoms with Gasteiger partial charge in [-0.05, 0) is 37.5 Å². The molecule has 3 aromatic rings. The van der Waals surface area contributed by atoms with Crippen molar-refractivity contribution in [1.82, 2.24) is 19.7 Å². The summed E-state index contributed by atoms with van der Waals surface area (Å²) in [5.74, 6) is 1.89. The number of aromatic nitrogens is 3. The van der Waals surface area contributed by atoms with E-state index in [2.05, 4.69) is 10.2 Å². The number of nitrogens with one attached hydrogen (secondary N) is 1. The van der Waals surface area contributed by atoms with Crippen LogP contribution in [0.2, 0.25) is 0 Å². The fourth-order valence-electron chi connectivity index (χ4n) is 4.36. The lowest BCUT2D eigenvalue weighted by molar-refractivity contribution is 0.0588. The number of hydrogen-bond acceptors (Lipinski definition) is 4. The van der Waals surface area contributed by atoms with Crippen LogP contribution in [0.1, 0.15) is 34.3 Å². The molecule has 2 atom stereocenters. The molecule has 138 valence electrons. The number of H-pyrrole nitrogens is 1. The Kier molecular flexibility index (Phi) is 3.56. The molecule has 7 nitrogen and oxygen atoms in total. The molecule has 27 heavy (non-hydrogen) atoms. The van der Waals surface area contributed by atoms with Gasteiger partial charge in [0.1, 0.15) is 11.5 Å². The predicted octanol–water partition coefficient (Wildman–Crippen LogP) is 2.40. The molecule has 2 bridgehead atoms. The van der Waals surface area contributed by atoms with Gasteiger partial charge >= 0.3 is 0 Å². The summed E-state index contributed by atoms with van der Waals surface area (Å²) in [5.41, 5.74) is 2.17. The van der Waals surface area contributed by atoms with Crippen LogP contribution in [0.15, 0.2) is 45.6 Å². The summed E-state index contributed by atoms with van der Waals surface area (Å²) in [5, 5.41) is 7.09. The molecule has 3 aromatic heterocycles. The van der Waals surface area contributed by atoms with Crippen molar-refractivity contribution in [3.8, 4) is 11.5 Å². The van der Waals surface area contributed by atoms with Crippen LogP contribution >= 0.6 is 0 Å². The number of carbonyl (C=O) groups excluding carboxylic acids is 1. The van der Waals surface area contributed by atoms with E-state index in [1.54, 1.807) is 18.2 Å². The average Bonchev–Trinajstić information content (AvgIpc) is 3.31. The van der Waals surface area contributed by atoms with Crippen molar-refractivity contribution in [2.45, 2.75) is 25.8 Å². The topological polar surface area (TPSA) is 84.1 Å². The minimum Gasteiger partial charge on any atom is -0.460 e. The molecule has 0 unspecified atom stereocenters. The van der Waals surface area contributed by atoms with Gasteiger partial charge in [-0.3, -0.25) is 14.7 Å². The Morgan fingerprint density at radius 2 is 2.11 bits per heavy atom. The third kappa shape index (κ3) is 2.70. The van der Waals surface area contributed by atoms with Crippen molar-refractivity contribution in [2.24, 2.45) is 5.92 Å². The molecule has 1 N–H and O–H groups in total. The van der Waals surface area contributed by atoms with E-state index >= 15 is 0 Å². The van der Waals surface area contributed by atoms with Crippen LogP contribution in [-0.4, -0.2) is 38.7 Å². The van der Waals surface area contributed by atoms with E-state index < -0.39 is 0 Å². The number of carbonyl (C=O) groups is 1. The smallest absolute Gasteiger partial charge is 0.274 e. The highest BCUT2D eigenvalue weighted by Crippen LogP contribution is 2.35. The van der Waals surface area contributed by atoms with Gasteiger partial charge in [-0.25, -0.2) is 0 Å². The van der Waals surface area contributed by atoms with Gasteiger partial charge in [-0.15, -0.1) is 0 Å². The van der Waals surface area contributed by atoms with Crippen molar-refractivity contribution in [3.63, 3.8) is 0 Å². The molecule has 0 saturated carbocycles. The van der Waals surface area contributed by atoms with E-state index in [0.29, 0.717) is 42.7 Å². The van der Waals surface area contributed by atoms with Gasteiger partial charge in [-0.1, -0.05) is 6.07 Å². The maximum atomic E-state index is 13.0. The second-order valence-electron chi connectivity index (χ2n) is 7.49. The van der Waals surface area contributed by atoms with Crippen molar-refractivity contribution < 1.29 is 9.21 Å². The normalized spacial score (nSPS) is 21.1. The van der Waals surface area contributed by atoms with Crippen molar-refractivity contribution >= 4 is 5.91 Å². The van der Waals surface area contributed by atoms with E-state index in [-0.39, 0.29) is 17.4 Å². The first-order valence-corrected chi connectivity index (χ1v) is 9.20. The van der Waals surface area contributed by atoms with Gasteiger partial charge in [0.25, 0.3) is 11.5 Å². The van der Waals surface area contributed by atoms with E-state index in [0.717, 1.165) is 17.9 Å². The monoisotopic (exact) mass is 364 g/mol. The zero-order chi connectivity index (χ0) is 18.5. The average molecular weight is 364 g/mol. The summed E-state index contributed by atoms with van der Waals surface area (Å²) in [7, 11) is 0. The quantitative estimate of drug-likeness (QED) is 0.757. The Morgan fingerprint density at radius 1 is 1.22 bits per heavy atom. The zero-order valence-electron chi connectivity index (χ0n) is 15.0. The van der Waals surface area contributed by atoms with Crippen LogP contribution in [0, 0.1) is 12.8 Å². The molecule has 2 aliphatic rings. The summed E-state index contributed by atoms with van der Waals surface area (Å²) >= 11 is 0. The van der Waals surface area contributed by atoms with Gasteiger partial charge in [-0.2, -0.15) is 5.10 Å². The summed E-state index contributed by atoms with van der Waals surface area (Å²) in [6, 6.07) is 10.9. The number of fused-ring (bicyclic) bond motifs is 4. The lowest BCUT2D eigenvalue weighted by Crippen LogP contribution is -2.49. The number of amides is 1. The van der Waals surface area contributed by atoms with Crippen molar-refractivity contribution in [1.29, 1.82) is 0 Å². The van der Waals surface area contributed by atoms with E-state index in [4.69, 9.17) is 4.42 Å². The van der Waals surface area contributed by atoms with Gasteiger partial charge in [0.2, 0.25) is 0 Å². The molecule has 5 heterocycles. The molecule has 5 rings (SSSR count). The third-order valence-corrected chi connectivity index (χ3v) is 5.57. The molecule has 0 aliphatic carbocycles. The lowest BCUT2D eigenvalue weighted by Gasteiger charge is -2.42. The fourth-order valence-corrected chi connectivity index (χ4v) is 4.36.